The largest absolute Gasteiger partial charge is 0.350 e. The SMILES string of the molecule is O=S(=O)(Cc1ccccc1)c1ccc(CNc2ncccn2)cc1. The fourth-order valence-corrected chi connectivity index (χ4v) is 3.61. The molecule has 122 valence electrons. The summed E-state index contributed by atoms with van der Waals surface area (Å²) in [5, 5.41) is 3.09. The van der Waals surface area contributed by atoms with E-state index in [4.69, 9.17) is 0 Å². The first-order chi connectivity index (χ1) is 11.6. The zero-order chi connectivity index (χ0) is 16.8. The minimum absolute atomic E-state index is 0.00327. The predicted octanol–water partition coefficient (Wildman–Crippen LogP) is 3.06. The monoisotopic (exact) mass is 339 g/mol. The van der Waals surface area contributed by atoms with Crippen LogP contribution in [0.3, 0.4) is 0 Å². The van der Waals surface area contributed by atoms with Gasteiger partial charge < -0.3 is 5.32 Å². The molecule has 6 heteroatoms. The molecule has 0 fully saturated rings. The molecule has 0 aliphatic heterocycles. The highest BCUT2D eigenvalue weighted by molar-refractivity contribution is 7.90. The lowest BCUT2D eigenvalue weighted by Gasteiger charge is -2.07. The Morgan fingerprint density at radius 1 is 0.792 bits per heavy atom. The van der Waals surface area contributed by atoms with Crippen molar-refractivity contribution in [3.05, 3.63) is 84.2 Å². The summed E-state index contributed by atoms with van der Waals surface area (Å²) in [5.74, 6) is 0.543. The Morgan fingerprint density at radius 2 is 1.46 bits per heavy atom. The zero-order valence-electron chi connectivity index (χ0n) is 13.0. The van der Waals surface area contributed by atoms with Crippen molar-refractivity contribution in [3.63, 3.8) is 0 Å². The van der Waals surface area contributed by atoms with Crippen LogP contribution in [-0.4, -0.2) is 18.4 Å². The topological polar surface area (TPSA) is 72.0 Å². The molecule has 3 rings (SSSR count). The summed E-state index contributed by atoms with van der Waals surface area (Å²) >= 11 is 0. The first-order valence-corrected chi connectivity index (χ1v) is 9.15. The van der Waals surface area contributed by atoms with Gasteiger partial charge in [0.25, 0.3) is 0 Å². The van der Waals surface area contributed by atoms with E-state index in [0.29, 0.717) is 17.4 Å². The average Bonchev–Trinajstić information content (AvgIpc) is 2.62. The van der Waals surface area contributed by atoms with E-state index in [1.807, 2.05) is 30.3 Å². The molecule has 1 heterocycles. The van der Waals surface area contributed by atoms with Crippen LogP contribution in [0.25, 0.3) is 0 Å². The van der Waals surface area contributed by atoms with Crippen LogP contribution in [0.4, 0.5) is 5.95 Å². The normalized spacial score (nSPS) is 11.2. The molecule has 1 N–H and O–H groups in total. The molecule has 2 aromatic carbocycles. The number of aromatic nitrogens is 2. The Hall–Kier alpha value is -2.73. The van der Waals surface area contributed by atoms with Crippen LogP contribution >= 0.6 is 0 Å². The summed E-state index contributed by atoms with van der Waals surface area (Å²) in [4.78, 5) is 8.48. The summed E-state index contributed by atoms with van der Waals surface area (Å²) < 4.78 is 24.9. The summed E-state index contributed by atoms with van der Waals surface area (Å²) in [6.45, 7) is 0.531. The van der Waals surface area contributed by atoms with Crippen LogP contribution in [-0.2, 0) is 22.1 Å². The van der Waals surface area contributed by atoms with Gasteiger partial charge in [0, 0.05) is 18.9 Å². The van der Waals surface area contributed by atoms with Gasteiger partial charge in [-0.2, -0.15) is 0 Å². The molecule has 0 aliphatic carbocycles. The highest BCUT2D eigenvalue weighted by Crippen LogP contribution is 2.17. The van der Waals surface area contributed by atoms with Crippen molar-refractivity contribution in [2.24, 2.45) is 0 Å². The van der Waals surface area contributed by atoms with Gasteiger partial charge in [-0.1, -0.05) is 42.5 Å². The van der Waals surface area contributed by atoms with Gasteiger partial charge in [0.1, 0.15) is 0 Å². The van der Waals surface area contributed by atoms with E-state index in [9.17, 15) is 8.42 Å². The standard InChI is InChI=1S/C18H17N3O2S/c22-24(23,14-16-5-2-1-3-6-16)17-9-7-15(8-10-17)13-21-18-19-11-4-12-20-18/h1-12H,13-14H2,(H,19,20,21). The Kier molecular flexibility index (Phi) is 4.86. The maximum absolute atomic E-state index is 12.5. The molecular weight excluding hydrogens is 322 g/mol. The van der Waals surface area contributed by atoms with Gasteiger partial charge in [0.15, 0.2) is 9.84 Å². The maximum atomic E-state index is 12.5. The summed E-state index contributed by atoms with van der Waals surface area (Å²) in [6.07, 6.45) is 3.32. The number of anilines is 1. The van der Waals surface area contributed by atoms with Gasteiger partial charge in [-0.3, -0.25) is 0 Å². The lowest BCUT2D eigenvalue weighted by molar-refractivity contribution is 0.595. The molecule has 0 radical (unpaired) electrons. The van der Waals surface area contributed by atoms with Crippen LogP contribution < -0.4 is 5.32 Å². The van der Waals surface area contributed by atoms with Gasteiger partial charge in [0.05, 0.1) is 10.6 Å². The van der Waals surface area contributed by atoms with Gasteiger partial charge in [0.2, 0.25) is 5.95 Å². The number of rotatable bonds is 6. The minimum atomic E-state index is -3.34. The van der Waals surface area contributed by atoms with Crippen molar-refractivity contribution >= 4 is 15.8 Å². The number of hydrogen-bond donors (Lipinski definition) is 1. The van der Waals surface area contributed by atoms with Crippen molar-refractivity contribution in [1.82, 2.24) is 9.97 Å². The first-order valence-electron chi connectivity index (χ1n) is 7.50. The summed E-state index contributed by atoms with van der Waals surface area (Å²) in [6, 6.07) is 17.8. The van der Waals surface area contributed by atoms with Crippen LogP contribution in [0, 0.1) is 0 Å². The molecule has 0 amide bonds. The smallest absolute Gasteiger partial charge is 0.222 e. The van der Waals surface area contributed by atoms with E-state index < -0.39 is 9.84 Å². The number of hydrogen-bond acceptors (Lipinski definition) is 5. The van der Waals surface area contributed by atoms with Crippen molar-refractivity contribution in [1.29, 1.82) is 0 Å². The molecule has 0 atom stereocenters. The summed E-state index contributed by atoms with van der Waals surface area (Å²) in [7, 11) is -3.34. The van der Waals surface area contributed by atoms with Gasteiger partial charge in [-0.25, -0.2) is 18.4 Å². The van der Waals surface area contributed by atoms with Crippen LogP contribution in [0.5, 0.6) is 0 Å². The Labute approximate surface area is 141 Å². The van der Waals surface area contributed by atoms with E-state index >= 15 is 0 Å². The molecule has 0 aliphatic rings. The molecule has 5 nitrogen and oxygen atoms in total. The lowest BCUT2D eigenvalue weighted by atomic mass is 10.2. The predicted molar refractivity (Wildman–Crippen MR) is 93.1 cm³/mol. The fourth-order valence-electron chi connectivity index (χ4n) is 2.26. The molecule has 1 aromatic heterocycles. The first kappa shape index (κ1) is 16.1. The highest BCUT2D eigenvalue weighted by Gasteiger charge is 2.15. The molecule has 3 aromatic rings. The van der Waals surface area contributed by atoms with E-state index in [2.05, 4.69) is 15.3 Å². The molecule has 0 saturated heterocycles. The number of nitrogens with one attached hydrogen (secondary N) is 1. The molecule has 0 spiro atoms. The zero-order valence-corrected chi connectivity index (χ0v) is 13.8. The van der Waals surface area contributed by atoms with E-state index in [0.717, 1.165) is 11.1 Å². The molecule has 0 bridgehead atoms. The van der Waals surface area contributed by atoms with Crippen molar-refractivity contribution in [2.75, 3.05) is 5.32 Å². The quantitative estimate of drug-likeness (QED) is 0.747. The Bertz CT molecular complexity index is 881. The molecule has 0 unspecified atom stereocenters. The lowest BCUT2D eigenvalue weighted by Crippen LogP contribution is -2.06. The second-order valence-electron chi connectivity index (χ2n) is 5.31. The van der Waals surface area contributed by atoms with Gasteiger partial charge >= 0.3 is 0 Å². The highest BCUT2D eigenvalue weighted by atomic mass is 32.2. The second kappa shape index (κ2) is 7.23. The van der Waals surface area contributed by atoms with Crippen molar-refractivity contribution in [3.8, 4) is 0 Å². The molecule has 24 heavy (non-hydrogen) atoms. The third-order valence-electron chi connectivity index (χ3n) is 3.50. The van der Waals surface area contributed by atoms with Crippen LogP contribution in [0.2, 0.25) is 0 Å². The molecular formula is C18H17N3O2S. The summed E-state index contributed by atoms with van der Waals surface area (Å²) in [5.41, 5.74) is 1.74. The number of benzene rings is 2. The van der Waals surface area contributed by atoms with Crippen LogP contribution in [0.15, 0.2) is 78.0 Å². The second-order valence-corrected chi connectivity index (χ2v) is 7.30. The molecule has 0 saturated carbocycles. The third kappa shape index (κ3) is 4.17. The Balaban J connectivity index is 1.67. The van der Waals surface area contributed by atoms with Crippen LogP contribution in [0.1, 0.15) is 11.1 Å². The third-order valence-corrected chi connectivity index (χ3v) is 5.20. The number of nitrogens with zero attached hydrogens (tertiary/aromatic N) is 2. The van der Waals surface area contributed by atoms with E-state index in [-0.39, 0.29) is 5.75 Å². The minimum Gasteiger partial charge on any atom is -0.350 e. The average molecular weight is 339 g/mol. The van der Waals surface area contributed by atoms with Crippen molar-refractivity contribution < 1.29 is 8.42 Å². The van der Waals surface area contributed by atoms with Gasteiger partial charge in [-0.15, -0.1) is 0 Å². The number of sulfone groups is 1. The Morgan fingerprint density at radius 3 is 2.12 bits per heavy atom. The van der Waals surface area contributed by atoms with E-state index in [1.165, 1.54) is 0 Å². The maximum Gasteiger partial charge on any atom is 0.222 e. The van der Waals surface area contributed by atoms with E-state index in [1.54, 1.807) is 42.7 Å². The van der Waals surface area contributed by atoms with Gasteiger partial charge in [-0.05, 0) is 29.3 Å². The fraction of sp³-hybridized carbons (Fsp3) is 0.111. The van der Waals surface area contributed by atoms with Crippen molar-refractivity contribution in [2.45, 2.75) is 17.2 Å².